The van der Waals surface area contributed by atoms with E-state index in [-0.39, 0.29) is 5.69 Å². The van der Waals surface area contributed by atoms with Crippen LogP contribution in [0.15, 0.2) is 42.7 Å². The molecule has 7 nitrogen and oxygen atoms in total. The molecule has 0 aliphatic carbocycles. The molecule has 0 amide bonds. The van der Waals surface area contributed by atoms with Gasteiger partial charge >= 0.3 is 0 Å². The van der Waals surface area contributed by atoms with E-state index in [2.05, 4.69) is 31.7 Å². The van der Waals surface area contributed by atoms with Crippen LogP contribution < -0.4 is 10.6 Å². The Morgan fingerprint density at radius 3 is 2.43 bits per heavy atom. The Labute approximate surface area is 172 Å². The summed E-state index contributed by atoms with van der Waals surface area (Å²) < 4.78 is 33.5. The first-order valence-electron chi connectivity index (χ1n) is 9.87. The standard InChI is InChI=1S/C21H22F2N6O/c1-13-2-16(25-18-8-28(9-18)20-10-30-11-20)7-17(3-13)26-21-24-12-29(27-21)19-5-14(22)4-15(23)6-19/h2-7,12,18,20,25H,8-11H2,1H3,(H,26,27). The topological polar surface area (TPSA) is 67.2 Å². The third-order valence-electron chi connectivity index (χ3n) is 5.35. The second-order valence-electron chi connectivity index (χ2n) is 7.84. The summed E-state index contributed by atoms with van der Waals surface area (Å²) in [5.74, 6) is -0.983. The van der Waals surface area contributed by atoms with Crippen LogP contribution in [0.4, 0.5) is 26.1 Å². The zero-order valence-corrected chi connectivity index (χ0v) is 16.5. The van der Waals surface area contributed by atoms with Gasteiger partial charge < -0.3 is 15.4 Å². The van der Waals surface area contributed by atoms with E-state index >= 15 is 0 Å². The number of nitrogens with zero attached hydrogens (tertiary/aromatic N) is 4. The number of rotatable bonds is 6. The van der Waals surface area contributed by atoms with E-state index in [9.17, 15) is 8.78 Å². The van der Waals surface area contributed by atoms with Crippen LogP contribution in [0.5, 0.6) is 0 Å². The first kappa shape index (κ1) is 19.0. The van der Waals surface area contributed by atoms with Crippen molar-refractivity contribution in [1.29, 1.82) is 0 Å². The SMILES string of the molecule is Cc1cc(Nc2ncn(-c3cc(F)cc(F)c3)n2)cc(NC2CN(C3COC3)C2)c1. The van der Waals surface area contributed by atoms with Crippen LogP contribution >= 0.6 is 0 Å². The highest BCUT2D eigenvalue weighted by Crippen LogP contribution is 2.25. The van der Waals surface area contributed by atoms with Crippen LogP contribution in [0.3, 0.4) is 0 Å². The Bertz CT molecular complexity index is 1040. The predicted molar refractivity (Wildman–Crippen MR) is 109 cm³/mol. The number of aryl methyl sites for hydroxylation is 1. The summed E-state index contributed by atoms with van der Waals surface area (Å²) >= 11 is 0. The van der Waals surface area contributed by atoms with Crippen molar-refractivity contribution in [2.24, 2.45) is 0 Å². The summed E-state index contributed by atoms with van der Waals surface area (Å²) in [5, 5.41) is 11.0. The lowest BCUT2D eigenvalue weighted by Gasteiger charge is -2.47. The molecule has 3 heterocycles. The Morgan fingerprint density at radius 2 is 1.73 bits per heavy atom. The molecule has 2 aliphatic heterocycles. The van der Waals surface area contributed by atoms with Gasteiger partial charge in [-0.05, 0) is 42.8 Å². The molecule has 2 fully saturated rings. The van der Waals surface area contributed by atoms with Crippen LogP contribution in [-0.2, 0) is 4.74 Å². The van der Waals surface area contributed by atoms with Crippen molar-refractivity contribution in [1.82, 2.24) is 19.7 Å². The van der Waals surface area contributed by atoms with Gasteiger partial charge in [0, 0.05) is 30.5 Å². The van der Waals surface area contributed by atoms with Crippen LogP contribution in [0, 0.1) is 18.6 Å². The number of aromatic nitrogens is 3. The van der Waals surface area contributed by atoms with Gasteiger partial charge in [0.2, 0.25) is 5.95 Å². The molecule has 1 aromatic heterocycles. The molecule has 3 aromatic rings. The maximum atomic E-state index is 13.5. The minimum absolute atomic E-state index is 0.269. The number of hydrogen-bond donors (Lipinski definition) is 2. The Kier molecular flexibility index (Phi) is 4.84. The number of benzene rings is 2. The van der Waals surface area contributed by atoms with E-state index in [1.54, 1.807) is 0 Å². The first-order chi connectivity index (χ1) is 14.5. The normalized spacial score (nSPS) is 17.4. The summed E-state index contributed by atoms with van der Waals surface area (Å²) in [7, 11) is 0. The molecule has 0 atom stereocenters. The van der Waals surface area contributed by atoms with Gasteiger partial charge in [-0.25, -0.2) is 13.5 Å². The molecule has 2 N–H and O–H groups in total. The number of nitrogens with one attached hydrogen (secondary N) is 2. The van der Waals surface area contributed by atoms with Crippen molar-refractivity contribution in [3.63, 3.8) is 0 Å². The number of ether oxygens (including phenoxy) is 1. The van der Waals surface area contributed by atoms with Gasteiger partial charge in [0.05, 0.1) is 31.0 Å². The number of hydrogen-bond acceptors (Lipinski definition) is 6. The molecular weight excluding hydrogens is 390 g/mol. The zero-order chi connectivity index (χ0) is 20.7. The molecule has 2 aliphatic rings. The second-order valence-corrected chi connectivity index (χ2v) is 7.84. The highest BCUT2D eigenvalue weighted by Gasteiger charge is 2.35. The minimum Gasteiger partial charge on any atom is -0.380 e. The fourth-order valence-corrected chi connectivity index (χ4v) is 3.76. The number of likely N-dealkylation sites (tertiary alicyclic amines) is 1. The first-order valence-corrected chi connectivity index (χ1v) is 9.87. The molecule has 2 saturated heterocycles. The van der Waals surface area contributed by atoms with Crippen LogP contribution in [0.2, 0.25) is 0 Å². The van der Waals surface area contributed by atoms with Gasteiger partial charge in [-0.3, -0.25) is 4.90 Å². The lowest BCUT2D eigenvalue weighted by Crippen LogP contribution is -2.63. The minimum atomic E-state index is -0.663. The Hall–Kier alpha value is -3.04. The van der Waals surface area contributed by atoms with E-state index in [0.29, 0.717) is 18.0 Å². The van der Waals surface area contributed by atoms with Crippen molar-refractivity contribution in [3.8, 4) is 5.69 Å². The number of halogens is 2. The maximum absolute atomic E-state index is 13.5. The van der Waals surface area contributed by atoms with E-state index in [4.69, 9.17) is 4.74 Å². The molecule has 0 saturated carbocycles. The summed E-state index contributed by atoms with van der Waals surface area (Å²) in [6.07, 6.45) is 1.42. The second kappa shape index (κ2) is 7.66. The van der Waals surface area contributed by atoms with E-state index in [1.165, 1.54) is 23.1 Å². The molecular formula is C21H22F2N6O. The highest BCUT2D eigenvalue weighted by molar-refractivity contribution is 5.63. The molecule has 5 rings (SSSR count). The Morgan fingerprint density at radius 1 is 1.00 bits per heavy atom. The molecule has 0 radical (unpaired) electrons. The lowest BCUT2D eigenvalue weighted by atomic mass is 10.0. The van der Waals surface area contributed by atoms with E-state index in [1.807, 2.05) is 19.1 Å². The van der Waals surface area contributed by atoms with Crippen molar-refractivity contribution in [2.45, 2.75) is 19.0 Å². The number of anilines is 3. The zero-order valence-electron chi connectivity index (χ0n) is 16.5. The van der Waals surface area contributed by atoms with Gasteiger partial charge in [0.15, 0.2) is 0 Å². The molecule has 0 bridgehead atoms. The van der Waals surface area contributed by atoms with Gasteiger partial charge in [-0.2, -0.15) is 4.98 Å². The van der Waals surface area contributed by atoms with Crippen molar-refractivity contribution < 1.29 is 13.5 Å². The smallest absolute Gasteiger partial charge is 0.246 e. The van der Waals surface area contributed by atoms with Crippen molar-refractivity contribution >= 4 is 17.3 Å². The highest BCUT2D eigenvalue weighted by atomic mass is 19.1. The molecule has 9 heteroatoms. The van der Waals surface area contributed by atoms with Crippen molar-refractivity contribution in [3.05, 3.63) is 59.9 Å². The predicted octanol–water partition coefficient (Wildman–Crippen LogP) is 3.09. The molecule has 0 spiro atoms. The molecule has 0 unspecified atom stereocenters. The van der Waals surface area contributed by atoms with Crippen molar-refractivity contribution in [2.75, 3.05) is 36.9 Å². The summed E-state index contributed by atoms with van der Waals surface area (Å²) in [4.78, 5) is 6.63. The summed E-state index contributed by atoms with van der Waals surface area (Å²) in [6.45, 7) is 5.73. The van der Waals surface area contributed by atoms with E-state index in [0.717, 1.165) is 49.3 Å². The summed E-state index contributed by atoms with van der Waals surface area (Å²) in [6, 6.07) is 10.3. The quantitative estimate of drug-likeness (QED) is 0.649. The molecule has 156 valence electrons. The summed E-state index contributed by atoms with van der Waals surface area (Å²) in [5.41, 5.74) is 3.23. The molecule has 2 aromatic carbocycles. The Balaban J connectivity index is 1.25. The third-order valence-corrected chi connectivity index (χ3v) is 5.35. The van der Waals surface area contributed by atoms with Gasteiger partial charge in [0.25, 0.3) is 0 Å². The largest absolute Gasteiger partial charge is 0.380 e. The van der Waals surface area contributed by atoms with Crippen LogP contribution in [0.25, 0.3) is 5.69 Å². The lowest BCUT2D eigenvalue weighted by molar-refractivity contribution is -0.0874. The average molecular weight is 412 g/mol. The maximum Gasteiger partial charge on any atom is 0.246 e. The van der Waals surface area contributed by atoms with Crippen LogP contribution in [0.1, 0.15) is 5.56 Å². The average Bonchev–Trinajstić information content (AvgIpc) is 3.05. The van der Waals surface area contributed by atoms with Gasteiger partial charge in [0.1, 0.15) is 18.0 Å². The fraction of sp³-hybridized carbons (Fsp3) is 0.333. The van der Waals surface area contributed by atoms with Crippen LogP contribution in [-0.4, -0.2) is 58.1 Å². The fourth-order valence-electron chi connectivity index (χ4n) is 3.76. The van der Waals surface area contributed by atoms with Gasteiger partial charge in [-0.1, -0.05) is 0 Å². The molecule has 30 heavy (non-hydrogen) atoms. The van der Waals surface area contributed by atoms with Gasteiger partial charge in [-0.15, -0.1) is 5.10 Å². The monoisotopic (exact) mass is 412 g/mol. The van der Waals surface area contributed by atoms with E-state index < -0.39 is 11.6 Å². The third kappa shape index (κ3) is 3.99.